The van der Waals surface area contributed by atoms with Crippen molar-refractivity contribution in [3.8, 4) is 0 Å². The van der Waals surface area contributed by atoms with E-state index in [2.05, 4.69) is 20.9 Å². The summed E-state index contributed by atoms with van der Waals surface area (Å²) in [4.78, 5) is 51.8. The molecule has 2 amide bonds. The highest BCUT2D eigenvalue weighted by Gasteiger charge is 2.45. The number of carbonyl (C=O) groups excluding carboxylic acids is 2. The van der Waals surface area contributed by atoms with Crippen molar-refractivity contribution >= 4 is 47.7 Å². The Morgan fingerprint density at radius 1 is 0.933 bits per heavy atom. The summed E-state index contributed by atoms with van der Waals surface area (Å²) in [6.45, 7) is 8.25. The number of carbonyl (C=O) groups is 4. The lowest BCUT2D eigenvalue weighted by Gasteiger charge is -2.20. The van der Waals surface area contributed by atoms with Crippen molar-refractivity contribution in [1.82, 2.24) is 20.9 Å². The Morgan fingerprint density at radius 3 is 2.22 bits per heavy atom. The third kappa shape index (κ3) is 6.91. The minimum atomic E-state index is -0.898. The summed E-state index contributed by atoms with van der Waals surface area (Å²) in [5.74, 6) is -0.846. The third-order valence-electron chi connectivity index (χ3n) is 9.65. The first-order chi connectivity index (χ1) is 21.4. The Balaban J connectivity index is 1.50. The molecule has 242 valence electrons. The molecule has 45 heavy (non-hydrogen) atoms. The second-order valence-electron chi connectivity index (χ2n) is 12.5. The summed E-state index contributed by atoms with van der Waals surface area (Å²) < 4.78 is 0. The average Bonchev–Trinajstić information content (AvgIpc) is 3.56. The first-order valence-electron chi connectivity index (χ1n) is 15.6. The summed E-state index contributed by atoms with van der Waals surface area (Å²) >= 11 is 1.85. The molecule has 5 atom stereocenters. The molecule has 2 saturated heterocycles. The Bertz CT molecular complexity index is 1550. The Kier molecular flexibility index (Phi) is 9.64. The molecule has 0 radical (unpaired) electrons. The number of carboxylic acids is 2. The minimum absolute atomic E-state index is 0.0139. The number of thioether (sulfide) groups is 1. The summed E-state index contributed by atoms with van der Waals surface area (Å²) in [5.41, 5.74) is 14.3. The second-order valence-corrected chi connectivity index (χ2v) is 13.8. The zero-order valence-electron chi connectivity index (χ0n) is 26.2. The zero-order chi connectivity index (χ0) is 32.6. The number of amides is 2. The standard InChI is InChI=1S/C33H43N5O6S/c1-15-19(5-7-29(39)40)25(35-22(15)11-24-17(3)21(9-10-34)33(44)37-24)13-26-20(6-8-30(41)42)16(2)23(36-26)12-27-31(28-14-45-28)18(4)32(43)38-27/h12-13,18,22,24,28,31,35-36H,5-11,14,34H2,1-4H3,(H,37,44)(H,38,43)(H,39,40)(H,41,42)/b25-13-,27-12-/t18-,22?,24-,28+,31-/m1/s1. The van der Waals surface area contributed by atoms with Gasteiger partial charge in [-0.25, -0.2) is 0 Å². The number of aromatic nitrogens is 1. The molecule has 0 aliphatic carbocycles. The lowest BCUT2D eigenvalue weighted by molar-refractivity contribution is -0.138. The van der Waals surface area contributed by atoms with Gasteiger partial charge in [-0.3, -0.25) is 19.2 Å². The van der Waals surface area contributed by atoms with Crippen LogP contribution >= 0.6 is 11.8 Å². The molecular formula is C33H43N5O6S. The number of aromatic amines is 1. The van der Waals surface area contributed by atoms with E-state index in [1.54, 1.807) is 0 Å². The smallest absolute Gasteiger partial charge is 0.303 e. The van der Waals surface area contributed by atoms with Gasteiger partial charge in [-0.15, -0.1) is 0 Å². The molecule has 2 fully saturated rings. The quantitative estimate of drug-likeness (QED) is 0.159. The van der Waals surface area contributed by atoms with Crippen molar-refractivity contribution in [3.05, 3.63) is 56.2 Å². The van der Waals surface area contributed by atoms with Gasteiger partial charge in [0.15, 0.2) is 0 Å². The van der Waals surface area contributed by atoms with Crippen molar-refractivity contribution in [2.75, 3.05) is 12.3 Å². The molecule has 8 N–H and O–H groups in total. The first kappa shape index (κ1) is 32.6. The van der Waals surface area contributed by atoms with Gasteiger partial charge in [0, 0.05) is 70.1 Å². The highest BCUT2D eigenvalue weighted by molar-refractivity contribution is 8.06. The Labute approximate surface area is 267 Å². The van der Waals surface area contributed by atoms with E-state index >= 15 is 0 Å². The molecule has 5 rings (SSSR count). The molecule has 12 heteroatoms. The fraction of sp³-hybridized carbons (Fsp3) is 0.515. The van der Waals surface area contributed by atoms with Gasteiger partial charge in [-0.1, -0.05) is 6.92 Å². The fourth-order valence-electron chi connectivity index (χ4n) is 6.89. The molecule has 1 aromatic heterocycles. The molecule has 0 spiro atoms. The van der Waals surface area contributed by atoms with Crippen LogP contribution < -0.4 is 21.7 Å². The van der Waals surface area contributed by atoms with Gasteiger partial charge in [0.25, 0.3) is 0 Å². The Hall–Kier alpha value is -3.77. The summed E-state index contributed by atoms with van der Waals surface area (Å²) in [6.07, 6.45) is 5.60. The van der Waals surface area contributed by atoms with Crippen LogP contribution in [0.4, 0.5) is 0 Å². The predicted molar refractivity (Wildman–Crippen MR) is 174 cm³/mol. The van der Waals surface area contributed by atoms with E-state index < -0.39 is 11.9 Å². The molecular weight excluding hydrogens is 594 g/mol. The summed E-state index contributed by atoms with van der Waals surface area (Å²) in [7, 11) is 0. The van der Waals surface area contributed by atoms with Crippen LogP contribution in [-0.2, 0) is 25.6 Å². The van der Waals surface area contributed by atoms with Crippen LogP contribution in [0.15, 0.2) is 33.7 Å². The zero-order valence-corrected chi connectivity index (χ0v) is 27.0. The molecule has 11 nitrogen and oxygen atoms in total. The monoisotopic (exact) mass is 637 g/mol. The van der Waals surface area contributed by atoms with Gasteiger partial charge in [-0.2, -0.15) is 11.8 Å². The van der Waals surface area contributed by atoms with Crippen LogP contribution in [0.2, 0.25) is 0 Å². The maximum absolute atomic E-state index is 12.6. The lowest BCUT2D eigenvalue weighted by Crippen LogP contribution is -2.36. The van der Waals surface area contributed by atoms with Crippen molar-refractivity contribution in [2.45, 2.75) is 83.6 Å². The number of allylic oxidation sites excluding steroid dienone is 2. The largest absolute Gasteiger partial charge is 0.481 e. The van der Waals surface area contributed by atoms with Crippen LogP contribution in [0.5, 0.6) is 0 Å². The minimum Gasteiger partial charge on any atom is -0.481 e. The third-order valence-corrected chi connectivity index (χ3v) is 10.7. The highest BCUT2D eigenvalue weighted by atomic mass is 32.2. The van der Waals surface area contributed by atoms with Gasteiger partial charge in [0.1, 0.15) is 0 Å². The van der Waals surface area contributed by atoms with Crippen molar-refractivity contribution < 1.29 is 29.4 Å². The highest BCUT2D eigenvalue weighted by Crippen LogP contribution is 2.46. The lowest BCUT2D eigenvalue weighted by atomic mass is 9.91. The fourth-order valence-corrected chi connectivity index (χ4v) is 7.80. The van der Waals surface area contributed by atoms with Gasteiger partial charge in [-0.05, 0) is 93.0 Å². The number of rotatable bonds is 13. The molecule has 4 aliphatic heterocycles. The number of nitrogens with two attached hydrogens (primary N) is 1. The van der Waals surface area contributed by atoms with E-state index in [9.17, 15) is 29.4 Å². The SMILES string of the molecule is CC1=C(CCC(=O)O)/C(=C/c2[nH]c(/C=C3\NC(=O)[C@H](C)[C@H]3[C@@H]3CS3)c(C)c2CCC(=O)O)NC1C[C@H]1NC(=O)C(CCN)=C1C. The van der Waals surface area contributed by atoms with Crippen molar-refractivity contribution in [2.24, 2.45) is 17.6 Å². The molecule has 5 heterocycles. The van der Waals surface area contributed by atoms with E-state index in [0.717, 1.165) is 62.0 Å². The first-order valence-corrected chi connectivity index (χ1v) is 16.6. The van der Waals surface area contributed by atoms with Crippen molar-refractivity contribution in [3.63, 3.8) is 0 Å². The van der Waals surface area contributed by atoms with E-state index in [-0.39, 0.29) is 48.6 Å². The number of H-pyrrole nitrogens is 1. The van der Waals surface area contributed by atoms with Gasteiger partial charge < -0.3 is 36.9 Å². The number of nitrogens with one attached hydrogen (secondary N) is 4. The molecule has 1 unspecified atom stereocenters. The van der Waals surface area contributed by atoms with Gasteiger partial charge in [0.05, 0.1) is 6.04 Å². The second kappa shape index (κ2) is 13.3. The summed E-state index contributed by atoms with van der Waals surface area (Å²) in [5, 5.41) is 29.1. The molecule has 0 aromatic carbocycles. The Morgan fingerprint density at radius 2 is 1.58 bits per heavy atom. The molecule has 0 bridgehead atoms. The topological polar surface area (TPSA) is 187 Å². The average molecular weight is 638 g/mol. The van der Waals surface area contributed by atoms with E-state index in [0.29, 0.717) is 37.5 Å². The van der Waals surface area contributed by atoms with E-state index in [1.807, 2.05) is 51.6 Å². The van der Waals surface area contributed by atoms with Crippen LogP contribution in [0.25, 0.3) is 12.2 Å². The van der Waals surface area contributed by atoms with Crippen LogP contribution in [0.1, 0.15) is 75.4 Å². The molecule has 4 aliphatic rings. The van der Waals surface area contributed by atoms with Crippen molar-refractivity contribution in [1.29, 1.82) is 0 Å². The number of aliphatic carboxylic acids is 2. The molecule has 0 saturated carbocycles. The number of hydrogen-bond donors (Lipinski definition) is 7. The summed E-state index contributed by atoms with van der Waals surface area (Å²) in [6, 6.07) is -0.296. The maximum Gasteiger partial charge on any atom is 0.303 e. The number of hydrogen-bond acceptors (Lipinski definition) is 7. The van der Waals surface area contributed by atoms with Crippen LogP contribution in [0.3, 0.4) is 0 Å². The maximum atomic E-state index is 12.6. The molecule has 1 aromatic rings. The predicted octanol–water partition coefficient (Wildman–Crippen LogP) is 3.23. The normalized spacial score (nSPS) is 27.9. The van der Waals surface area contributed by atoms with Crippen LogP contribution in [-0.4, -0.2) is 68.6 Å². The van der Waals surface area contributed by atoms with E-state index in [4.69, 9.17) is 5.73 Å². The van der Waals surface area contributed by atoms with Crippen LogP contribution in [0, 0.1) is 18.8 Å². The van der Waals surface area contributed by atoms with Gasteiger partial charge in [0.2, 0.25) is 11.8 Å². The van der Waals surface area contributed by atoms with Gasteiger partial charge >= 0.3 is 11.9 Å². The van der Waals surface area contributed by atoms with E-state index in [1.165, 1.54) is 0 Å². The number of carboxylic acid groups (broad SMARTS) is 2.